The normalized spacial score (nSPS) is 11.5. The Hall–Kier alpha value is -4.77. The number of hydrogen-bond acceptors (Lipinski definition) is 6. The van der Waals surface area contributed by atoms with Crippen molar-refractivity contribution in [3.8, 4) is 0 Å². The number of hydrogen-bond donors (Lipinski definition) is 5. The molecule has 37 heavy (non-hydrogen) atoms. The van der Waals surface area contributed by atoms with Gasteiger partial charge in [0.15, 0.2) is 0 Å². The molecule has 3 amide bonds. The van der Waals surface area contributed by atoms with Gasteiger partial charge in [0.1, 0.15) is 17.5 Å². The molecule has 1 atom stereocenters. The highest BCUT2D eigenvalue weighted by Crippen LogP contribution is 2.25. The maximum absolute atomic E-state index is 13.1. The fraction of sp³-hybridized carbons (Fsp3) is 0.120. The largest absolute Gasteiger partial charge is 0.465 e. The Balaban J connectivity index is 1.54. The summed E-state index contributed by atoms with van der Waals surface area (Å²) in [5.74, 6) is -1.19. The van der Waals surface area contributed by atoms with Crippen molar-refractivity contribution in [2.45, 2.75) is 12.5 Å². The molecule has 11 nitrogen and oxygen atoms in total. The van der Waals surface area contributed by atoms with E-state index in [0.717, 1.165) is 5.56 Å². The second-order valence-electron chi connectivity index (χ2n) is 7.94. The molecule has 2 heterocycles. The molecule has 0 aliphatic carbocycles. The highest BCUT2D eigenvalue weighted by molar-refractivity contribution is 6.34. The van der Waals surface area contributed by atoms with Crippen LogP contribution in [0.4, 0.5) is 10.5 Å². The van der Waals surface area contributed by atoms with Crippen molar-refractivity contribution in [2.24, 2.45) is 0 Å². The Labute approximate surface area is 214 Å². The second kappa shape index (κ2) is 11.3. The summed E-state index contributed by atoms with van der Waals surface area (Å²) in [5.41, 5.74) is 0.599. The smallest absolute Gasteiger partial charge is 0.404 e. The van der Waals surface area contributed by atoms with Crippen molar-refractivity contribution in [3.63, 3.8) is 0 Å². The monoisotopic (exact) mass is 520 g/mol. The molecule has 1 unspecified atom stereocenters. The van der Waals surface area contributed by atoms with Gasteiger partial charge in [0.25, 0.3) is 17.4 Å². The van der Waals surface area contributed by atoms with E-state index >= 15 is 0 Å². The van der Waals surface area contributed by atoms with E-state index in [1.165, 1.54) is 36.8 Å². The Morgan fingerprint density at radius 3 is 2.59 bits per heavy atom. The SMILES string of the molecule is O=C(O)NCCC(NC(=O)c1ccc(Cl)c(NC(=O)c2cc3cncnc3[nH]c2=O)c1)c1ccccc1. The van der Waals surface area contributed by atoms with E-state index in [1.54, 1.807) is 0 Å². The van der Waals surface area contributed by atoms with E-state index in [2.05, 4.69) is 30.9 Å². The van der Waals surface area contributed by atoms with Crippen LogP contribution in [0.5, 0.6) is 0 Å². The fourth-order valence-electron chi connectivity index (χ4n) is 3.64. The van der Waals surface area contributed by atoms with Crippen molar-refractivity contribution in [1.29, 1.82) is 0 Å². The van der Waals surface area contributed by atoms with Crippen LogP contribution >= 0.6 is 11.6 Å². The Bertz CT molecular complexity index is 1530. The van der Waals surface area contributed by atoms with E-state index in [0.29, 0.717) is 17.5 Å². The molecule has 188 valence electrons. The van der Waals surface area contributed by atoms with Gasteiger partial charge in [-0.3, -0.25) is 14.4 Å². The number of H-pyrrole nitrogens is 1. The summed E-state index contributed by atoms with van der Waals surface area (Å²) in [6.45, 7) is 0.127. The quantitative estimate of drug-likeness (QED) is 0.237. The third kappa shape index (κ3) is 6.27. The number of aromatic amines is 1. The van der Waals surface area contributed by atoms with Crippen molar-refractivity contribution in [2.75, 3.05) is 11.9 Å². The summed E-state index contributed by atoms with van der Waals surface area (Å²) < 4.78 is 0. The number of aromatic nitrogens is 3. The van der Waals surface area contributed by atoms with E-state index in [9.17, 15) is 19.2 Å². The molecule has 0 radical (unpaired) electrons. The number of pyridine rings is 1. The van der Waals surface area contributed by atoms with Gasteiger partial charge < -0.3 is 26.0 Å². The summed E-state index contributed by atoms with van der Waals surface area (Å²) in [6, 6.07) is 14.3. The first-order valence-corrected chi connectivity index (χ1v) is 11.5. The minimum atomic E-state index is -1.16. The first-order chi connectivity index (χ1) is 17.8. The molecule has 0 spiro atoms. The van der Waals surface area contributed by atoms with Gasteiger partial charge in [-0.25, -0.2) is 14.8 Å². The molecule has 2 aromatic heterocycles. The summed E-state index contributed by atoms with van der Waals surface area (Å²) in [6.07, 6.45) is 1.89. The van der Waals surface area contributed by atoms with Crippen LogP contribution in [-0.4, -0.2) is 44.5 Å². The number of fused-ring (bicyclic) bond motifs is 1. The lowest BCUT2D eigenvalue weighted by atomic mass is 10.0. The maximum Gasteiger partial charge on any atom is 0.404 e. The fourth-order valence-corrected chi connectivity index (χ4v) is 3.80. The van der Waals surface area contributed by atoms with Crippen LogP contribution in [0, 0.1) is 0 Å². The lowest BCUT2D eigenvalue weighted by molar-refractivity contribution is 0.0933. The number of anilines is 1. The van der Waals surface area contributed by atoms with Gasteiger partial charge in [0, 0.05) is 23.7 Å². The van der Waals surface area contributed by atoms with Crippen LogP contribution in [-0.2, 0) is 0 Å². The van der Waals surface area contributed by atoms with Crippen molar-refractivity contribution >= 4 is 46.2 Å². The highest BCUT2D eigenvalue weighted by atomic mass is 35.5. The zero-order valence-corrected chi connectivity index (χ0v) is 20.0. The molecular weight excluding hydrogens is 500 g/mol. The van der Waals surface area contributed by atoms with Gasteiger partial charge in [-0.05, 0) is 36.2 Å². The predicted molar refractivity (Wildman–Crippen MR) is 137 cm³/mol. The van der Waals surface area contributed by atoms with Crippen molar-refractivity contribution in [3.05, 3.63) is 99.2 Å². The minimum Gasteiger partial charge on any atom is -0.465 e. The lowest BCUT2D eigenvalue weighted by Crippen LogP contribution is -2.32. The summed E-state index contributed by atoms with van der Waals surface area (Å²) >= 11 is 6.25. The molecule has 0 fully saturated rings. The van der Waals surface area contributed by atoms with Crippen LogP contribution in [0.3, 0.4) is 0 Å². The highest BCUT2D eigenvalue weighted by Gasteiger charge is 2.19. The van der Waals surface area contributed by atoms with Gasteiger partial charge in [-0.15, -0.1) is 0 Å². The van der Waals surface area contributed by atoms with E-state index in [-0.39, 0.29) is 28.4 Å². The van der Waals surface area contributed by atoms with Crippen LogP contribution in [0.1, 0.15) is 38.7 Å². The summed E-state index contributed by atoms with van der Waals surface area (Å²) in [5, 5.41) is 17.2. The molecular formula is C25H21ClN6O5. The van der Waals surface area contributed by atoms with E-state index in [4.69, 9.17) is 16.7 Å². The number of carbonyl (C=O) groups excluding carboxylic acids is 2. The average Bonchev–Trinajstić information content (AvgIpc) is 2.89. The number of rotatable bonds is 8. The molecule has 0 bridgehead atoms. The number of nitrogens with one attached hydrogen (secondary N) is 4. The second-order valence-corrected chi connectivity index (χ2v) is 8.35. The molecule has 2 aromatic carbocycles. The predicted octanol–water partition coefficient (Wildman–Crippen LogP) is 3.35. The topological polar surface area (TPSA) is 166 Å². The van der Waals surface area contributed by atoms with Gasteiger partial charge >= 0.3 is 6.09 Å². The molecule has 5 N–H and O–H groups in total. The van der Waals surface area contributed by atoms with Crippen molar-refractivity contribution in [1.82, 2.24) is 25.6 Å². The first kappa shape index (κ1) is 25.3. The lowest BCUT2D eigenvalue weighted by Gasteiger charge is -2.20. The molecule has 0 saturated heterocycles. The molecule has 0 saturated carbocycles. The third-order valence-electron chi connectivity index (χ3n) is 5.45. The zero-order chi connectivity index (χ0) is 26.4. The number of amides is 3. The Kier molecular flexibility index (Phi) is 7.74. The standard InChI is InChI=1S/C25H21ClN6O5/c26-18-7-6-15(22(33)30-19(8-9-28-25(36)37)14-4-2-1-3-5-14)11-20(18)31-23(34)17-10-16-12-27-13-29-21(16)32-24(17)35/h1-7,10-13,19,28H,8-9H2,(H,30,33)(H,31,34)(H,36,37)(H,27,29,32,35). The minimum absolute atomic E-state index is 0.127. The average molecular weight is 521 g/mol. The maximum atomic E-state index is 13.1. The number of carbonyl (C=O) groups is 3. The first-order valence-electron chi connectivity index (χ1n) is 11.1. The van der Waals surface area contributed by atoms with Gasteiger partial charge in [0.2, 0.25) is 0 Å². The van der Waals surface area contributed by atoms with Gasteiger partial charge in [-0.2, -0.15) is 0 Å². The molecule has 12 heteroatoms. The molecule has 0 aliphatic heterocycles. The Morgan fingerprint density at radius 2 is 1.84 bits per heavy atom. The van der Waals surface area contributed by atoms with Crippen LogP contribution < -0.4 is 21.5 Å². The molecule has 4 rings (SSSR count). The van der Waals surface area contributed by atoms with Crippen LogP contribution in [0.25, 0.3) is 11.0 Å². The Morgan fingerprint density at radius 1 is 1.05 bits per heavy atom. The molecule has 0 aliphatic rings. The summed E-state index contributed by atoms with van der Waals surface area (Å²) in [7, 11) is 0. The van der Waals surface area contributed by atoms with Gasteiger partial charge in [0.05, 0.1) is 16.8 Å². The number of carboxylic acid groups (broad SMARTS) is 1. The van der Waals surface area contributed by atoms with Crippen LogP contribution in [0.2, 0.25) is 5.02 Å². The third-order valence-corrected chi connectivity index (χ3v) is 5.78. The number of nitrogens with zero attached hydrogens (tertiary/aromatic N) is 2. The van der Waals surface area contributed by atoms with E-state index in [1.807, 2.05) is 30.3 Å². The molecule has 4 aromatic rings. The van der Waals surface area contributed by atoms with E-state index < -0.39 is 29.5 Å². The number of halogens is 1. The zero-order valence-electron chi connectivity index (χ0n) is 19.2. The summed E-state index contributed by atoms with van der Waals surface area (Å²) in [4.78, 5) is 59.5. The van der Waals surface area contributed by atoms with Crippen molar-refractivity contribution < 1.29 is 19.5 Å². The van der Waals surface area contributed by atoms with Crippen LogP contribution in [0.15, 0.2) is 71.9 Å². The van der Waals surface area contributed by atoms with Gasteiger partial charge in [-0.1, -0.05) is 41.9 Å². The number of benzene rings is 2.